The normalized spacial score (nSPS) is 13.3. The van der Waals surface area contributed by atoms with E-state index in [0.717, 1.165) is 17.5 Å². The molecule has 1 aromatic rings. The van der Waals surface area contributed by atoms with Crippen LogP contribution < -0.4 is 10.6 Å². The fourth-order valence-corrected chi connectivity index (χ4v) is 2.34. The van der Waals surface area contributed by atoms with E-state index in [4.69, 9.17) is 5.73 Å². The van der Waals surface area contributed by atoms with Crippen LogP contribution in [0.4, 0.5) is 18.9 Å². The molecule has 0 amide bonds. The summed E-state index contributed by atoms with van der Waals surface area (Å²) in [5.41, 5.74) is 8.32. The monoisotopic (exact) mass is 288 g/mol. The van der Waals surface area contributed by atoms with Crippen molar-refractivity contribution < 1.29 is 13.2 Å². The van der Waals surface area contributed by atoms with Gasteiger partial charge in [0.1, 0.15) is 6.54 Å². The van der Waals surface area contributed by atoms with Gasteiger partial charge in [0.2, 0.25) is 0 Å². The van der Waals surface area contributed by atoms with Crippen LogP contribution in [0.2, 0.25) is 0 Å². The van der Waals surface area contributed by atoms with Crippen molar-refractivity contribution in [3.63, 3.8) is 0 Å². The molecule has 1 unspecified atom stereocenters. The lowest BCUT2D eigenvalue weighted by Crippen LogP contribution is -2.35. The Morgan fingerprint density at radius 2 is 1.95 bits per heavy atom. The van der Waals surface area contributed by atoms with Crippen molar-refractivity contribution in [1.29, 1.82) is 0 Å². The van der Waals surface area contributed by atoms with Gasteiger partial charge in [-0.05, 0) is 43.9 Å². The van der Waals surface area contributed by atoms with E-state index >= 15 is 0 Å². The summed E-state index contributed by atoms with van der Waals surface area (Å²) in [6.45, 7) is 5.12. The summed E-state index contributed by atoms with van der Waals surface area (Å²) in [7, 11) is 0. The Hall–Kier alpha value is -1.23. The number of nitrogens with two attached hydrogens (primary N) is 1. The summed E-state index contributed by atoms with van der Waals surface area (Å²) in [5.74, 6) is 0. The average molecular weight is 288 g/mol. The maximum absolute atomic E-state index is 12.6. The predicted molar refractivity (Wildman–Crippen MR) is 77.1 cm³/mol. The summed E-state index contributed by atoms with van der Waals surface area (Å²) in [6, 6.07) is 5.61. The molecule has 2 nitrogen and oxygen atoms in total. The highest BCUT2D eigenvalue weighted by Crippen LogP contribution is 2.26. The van der Waals surface area contributed by atoms with Gasteiger partial charge in [0.15, 0.2) is 0 Å². The van der Waals surface area contributed by atoms with Gasteiger partial charge in [0.25, 0.3) is 0 Å². The molecule has 0 heterocycles. The molecule has 0 saturated carbocycles. The van der Waals surface area contributed by atoms with Crippen molar-refractivity contribution >= 4 is 5.69 Å². The quantitative estimate of drug-likeness (QED) is 0.865. The van der Waals surface area contributed by atoms with Gasteiger partial charge >= 0.3 is 6.18 Å². The predicted octanol–water partition coefficient (Wildman–Crippen LogP) is 3.66. The fraction of sp³-hybridized carbons (Fsp3) is 0.600. The number of anilines is 1. The molecular formula is C15H23F3N2. The van der Waals surface area contributed by atoms with E-state index < -0.39 is 12.7 Å². The topological polar surface area (TPSA) is 29.3 Å². The number of alkyl halides is 3. The highest BCUT2D eigenvalue weighted by Gasteiger charge is 2.31. The van der Waals surface area contributed by atoms with Gasteiger partial charge in [-0.1, -0.05) is 19.1 Å². The highest BCUT2D eigenvalue weighted by atomic mass is 19.4. The van der Waals surface area contributed by atoms with Gasteiger partial charge < -0.3 is 10.6 Å². The second-order valence-corrected chi connectivity index (χ2v) is 5.34. The van der Waals surface area contributed by atoms with Crippen LogP contribution in [-0.2, 0) is 6.42 Å². The van der Waals surface area contributed by atoms with Gasteiger partial charge in [-0.2, -0.15) is 13.2 Å². The first-order valence-corrected chi connectivity index (χ1v) is 6.89. The lowest BCUT2D eigenvalue weighted by Gasteiger charge is -2.27. The molecule has 1 atom stereocenters. The molecule has 2 N–H and O–H groups in total. The average Bonchev–Trinajstić information content (AvgIpc) is 2.25. The smallest absolute Gasteiger partial charge is 0.362 e. The number of rotatable bonds is 6. The maximum Gasteiger partial charge on any atom is 0.405 e. The summed E-state index contributed by atoms with van der Waals surface area (Å²) in [4.78, 5) is 1.39. The van der Waals surface area contributed by atoms with Crippen LogP contribution in [0.25, 0.3) is 0 Å². The van der Waals surface area contributed by atoms with Gasteiger partial charge in [0, 0.05) is 18.3 Å². The molecule has 0 aromatic heterocycles. The molecule has 0 aliphatic heterocycles. The molecule has 0 bridgehead atoms. The summed E-state index contributed by atoms with van der Waals surface area (Å²) in [5, 5.41) is 0. The molecule has 1 aromatic carbocycles. The molecule has 114 valence electrons. The third-order valence-electron chi connectivity index (χ3n) is 3.02. The first-order valence-electron chi connectivity index (χ1n) is 6.89. The van der Waals surface area contributed by atoms with Gasteiger partial charge in [-0.25, -0.2) is 0 Å². The molecule has 0 aliphatic carbocycles. The Bertz CT molecular complexity index is 428. The minimum atomic E-state index is -4.19. The second-order valence-electron chi connectivity index (χ2n) is 5.34. The van der Waals surface area contributed by atoms with Crippen molar-refractivity contribution in [3.05, 3.63) is 29.3 Å². The Morgan fingerprint density at radius 1 is 1.30 bits per heavy atom. The van der Waals surface area contributed by atoms with Crippen LogP contribution in [0.1, 0.15) is 31.4 Å². The Labute approximate surface area is 118 Å². The summed E-state index contributed by atoms with van der Waals surface area (Å²) in [6.07, 6.45) is -2.78. The number of halogens is 3. The molecule has 0 radical (unpaired) electrons. The van der Waals surface area contributed by atoms with E-state index in [9.17, 15) is 13.2 Å². The van der Waals surface area contributed by atoms with Crippen molar-refractivity contribution in [2.24, 2.45) is 5.73 Å². The third kappa shape index (κ3) is 5.41. The van der Waals surface area contributed by atoms with Crippen molar-refractivity contribution in [2.45, 2.75) is 45.8 Å². The van der Waals surface area contributed by atoms with E-state index in [1.807, 2.05) is 32.9 Å². The van der Waals surface area contributed by atoms with Gasteiger partial charge in [-0.3, -0.25) is 0 Å². The lowest BCUT2D eigenvalue weighted by atomic mass is 10.0. The van der Waals surface area contributed by atoms with Crippen LogP contribution in [0, 0.1) is 6.92 Å². The Kier molecular flexibility index (Phi) is 5.87. The van der Waals surface area contributed by atoms with Gasteiger partial charge in [-0.15, -0.1) is 0 Å². The molecular weight excluding hydrogens is 265 g/mol. The number of benzene rings is 1. The van der Waals surface area contributed by atoms with Gasteiger partial charge in [0.05, 0.1) is 0 Å². The lowest BCUT2D eigenvalue weighted by molar-refractivity contribution is -0.119. The number of hydrogen-bond acceptors (Lipinski definition) is 2. The zero-order valence-electron chi connectivity index (χ0n) is 12.3. The van der Waals surface area contributed by atoms with Crippen LogP contribution in [-0.4, -0.2) is 25.3 Å². The molecule has 5 heteroatoms. The van der Waals surface area contributed by atoms with Crippen LogP contribution >= 0.6 is 0 Å². The molecule has 0 fully saturated rings. The van der Waals surface area contributed by atoms with Crippen molar-refractivity contribution in [1.82, 2.24) is 0 Å². The van der Waals surface area contributed by atoms with E-state index in [2.05, 4.69) is 0 Å². The second kappa shape index (κ2) is 6.97. The number of hydrogen-bond donors (Lipinski definition) is 1. The Morgan fingerprint density at radius 3 is 2.40 bits per heavy atom. The summed E-state index contributed by atoms with van der Waals surface area (Å²) >= 11 is 0. The third-order valence-corrected chi connectivity index (χ3v) is 3.02. The zero-order chi connectivity index (χ0) is 15.3. The zero-order valence-corrected chi connectivity index (χ0v) is 12.3. The minimum absolute atomic E-state index is 0.0437. The molecule has 20 heavy (non-hydrogen) atoms. The van der Waals surface area contributed by atoms with Crippen LogP contribution in [0.3, 0.4) is 0 Å². The minimum Gasteiger partial charge on any atom is -0.362 e. The number of nitrogens with zero attached hydrogens (tertiary/aromatic N) is 1. The van der Waals surface area contributed by atoms with E-state index in [1.54, 1.807) is 6.07 Å². The first kappa shape index (κ1) is 16.8. The maximum atomic E-state index is 12.6. The first-order chi connectivity index (χ1) is 9.23. The van der Waals surface area contributed by atoms with Crippen molar-refractivity contribution in [2.75, 3.05) is 18.0 Å². The van der Waals surface area contributed by atoms with E-state index in [0.29, 0.717) is 18.7 Å². The highest BCUT2D eigenvalue weighted by molar-refractivity contribution is 5.54. The molecule has 0 spiro atoms. The molecule has 0 saturated heterocycles. The van der Waals surface area contributed by atoms with Crippen LogP contribution in [0.15, 0.2) is 18.2 Å². The standard InChI is InChI=1S/C15H23F3N2/c1-4-7-20(10-15(16,17)18)14-6-5-13(8-11(14)2)9-12(3)19/h5-6,8,12H,4,7,9-10,19H2,1-3H3. The summed E-state index contributed by atoms with van der Waals surface area (Å²) < 4.78 is 37.9. The molecule has 0 aliphatic rings. The van der Waals surface area contributed by atoms with E-state index in [1.165, 1.54) is 4.90 Å². The SMILES string of the molecule is CCCN(CC(F)(F)F)c1ccc(CC(C)N)cc1C. The largest absolute Gasteiger partial charge is 0.405 e. The fourth-order valence-electron chi connectivity index (χ4n) is 2.34. The van der Waals surface area contributed by atoms with E-state index in [-0.39, 0.29) is 6.04 Å². The number of aryl methyl sites for hydroxylation is 1. The van der Waals surface area contributed by atoms with Crippen LogP contribution in [0.5, 0.6) is 0 Å². The van der Waals surface area contributed by atoms with Crippen molar-refractivity contribution in [3.8, 4) is 0 Å². The Balaban J connectivity index is 2.96. The molecule has 1 rings (SSSR count).